The number of ether oxygens (including phenoxy) is 1. The molecule has 1 amide bonds. The van der Waals surface area contributed by atoms with Crippen molar-refractivity contribution in [2.45, 2.75) is 19.3 Å². The number of hydrogen-bond acceptors (Lipinski definition) is 4. The Balaban J connectivity index is 1.64. The second-order valence-electron chi connectivity index (χ2n) is 4.65. The van der Waals surface area contributed by atoms with E-state index in [2.05, 4.69) is 21.2 Å². The maximum absolute atomic E-state index is 11.7. The smallest absolute Gasteiger partial charge is 0.306 e. The van der Waals surface area contributed by atoms with E-state index in [1.807, 2.05) is 29.6 Å². The molecule has 22 heavy (non-hydrogen) atoms. The Kier molecular flexibility index (Phi) is 6.61. The molecule has 1 aromatic carbocycles. The van der Waals surface area contributed by atoms with Gasteiger partial charge < -0.3 is 10.1 Å². The van der Waals surface area contributed by atoms with Crippen LogP contribution >= 0.6 is 27.3 Å². The van der Waals surface area contributed by atoms with Crippen molar-refractivity contribution in [3.63, 3.8) is 0 Å². The van der Waals surface area contributed by atoms with Crippen molar-refractivity contribution < 1.29 is 14.3 Å². The van der Waals surface area contributed by atoms with E-state index in [4.69, 9.17) is 4.74 Å². The van der Waals surface area contributed by atoms with Crippen LogP contribution in [0.4, 0.5) is 5.69 Å². The number of hydrogen-bond donors (Lipinski definition) is 1. The quantitative estimate of drug-likeness (QED) is 0.736. The molecule has 2 rings (SSSR count). The molecule has 0 radical (unpaired) electrons. The summed E-state index contributed by atoms with van der Waals surface area (Å²) in [5, 5.41) is 4.69. The first-order chi connectivity index (χ1) is 10.6. The fraction of sp³-hybridized carbons (Fsp3) is 0.250. The summed E-state index contributed by atoms with van der Waals surface area (Å²) in [6, 6.07) is 11.3. The molecule has 0 fully saturated rings. The maximum atomic E-state index is 11.7. The lowest BCUT2D eigenvalue weighted by Gasteiger charge is -2.06. The molecule has 0 atom stereocenters. The van der Waals surface area contributed by atoms with Gasteiger partial charge in [0.25, 0.3) is 5.91 Å². The third-order valence-electron chi connectivity index (χ3n) is 2.86. The van der Waals surface area contributed by atoms with Crippen LogP contribution in [0.5, 0.6) is 0 Å². The molecule has 0 bridgehead atoms. The standard InChI is InChI=1S/C16H16BrNO3S/c17-12-4-1-5-13(10-12)18-15(19)11-21-16(20)8-2-6-14-7-3-9-22-14/h1,3-5,7,9-10H,2,6,8,11H2,(H,18,19). The Labute approximate surface area is 141 Å². The third kappa shape index (κ3) is 5.99. The summed E-state index contributed by atoms with van der Waals surface area (Å²) in [6.45, 7) is -0.260. The van der Waals surface area contributed by atoms with Gasteiger partial charge in [0.1, 0.15) is 0 Å². The monoisotopic (exact) mass is 381 g/mol. The molecule has 116 valence electrons. The van der Waals surface area contributed by atoms with E-state index >= 15 is 0 Å². The average molecular weight is 382 g/mol. The maximum Gasteiger partial charge on any atom is 0.306 e. The molecule has 1 N–H and O–H groups in total. The zero-order valence-corrected chi connectivity index (χ0v) is 14.3. The zero-order chi connectivity index (χ0) is 15.8. The molecule has 0 saturated carbocycles. The van der Waals surface area contributed by atoms with Crippen LogP contribution < -0.4 is 5.32 Å². The lowest BCUT2D eigenvalue weighted by Crippen LogP contribution is -2.20. The van der Waals surface area contributed by atoms with Gasteiger partial charge in [0.15, 0.2) is 6.61 Å². The average Bonchev–Trinajstić information content (AvgIpc) is 2.98. The van der Waals surface area contributed by atoms with Crippen LogP contribution in [0.3, 0.4) is 0 Å². The molecule has 0 aliphatic carbocycles. The van der Waals surface area contributed by atoms with E-state index in [9.17, 15) is 9.59 Å². The van der Waals surface area contributed by atoms with Crippen molar-refractivity contribution >= 4 is 44.8 Å². The molecular formula is C16H16BrNO3S. The third-order valence-corrected chi connectivity index (χ3v) is 4.29. The Bertz CT molecular complexity index is 628. The predicted octanol–water partition coefficient (Wildman–Crippen LogP) is 4.02. The van der Waals surface area contributed by atoms with Crippen LogP contribution in [0, 0.1) is 0 Å². The number of thiophene rings is 1. The van der Waals surface area contributed by atoms with Crippen LogP contribution in [0.2, 0.25) is 0 Å². The summed E-state index contributed by atoms with van der Waals surface area (Å²) >= 11 is 5.00. The molecule has 0 aliphatic rings. The number of aryl methyl sites for hydroxylation is 1. The van der Waals surface area contributed by atoms with Crippen LogP contribution in [0.15, 0.2) is 46.3 Å². The van der Waals surface area contributed by atoms with E-state index in [0.29, 0.717) is 12.1 Å². The largest absolute Gasteiger partial charge is 0.456 e. The molecule has 2 aromatic rings. The Morgan fingerprint density at radius 2 is 2.09 bits per heavy atom. The Morgan fingerprint density at radius 1 is 1.23 bits per heavy atom. The van der Waals surface area contributed by atoms with Gasteiger partial charge in [-0.3, -0.25) is 9.59 Å². The number of carbonyl (C=O) groups is 2. The van der Waals surface area contributed by atoms with Crippen LogP contribution in [-0.4, -0.2) is 18.5 Å². The van der Waals surface area contributed by atoms with E-state index in [0.717, 1.165) is 17.3 Å². The Hall–Kier alpha value is -1.66. The number of nitrogens with one attached hydrogen (secondary N) is 1. The molecule has 0 aliphatic heterocycles. The highest BCUT2D eigenvalue weighted by Gasteiger charge is 2.08. The molecular weight excluding hydrogens is 366 g/mol. The highest BCUT2D eigenvalue weighted by Crippen LogP contribution is 2.15. The number of anilines is 1. The first-order valence-electron chi connectivity index (χ1n) is 6.87. The molecule has 0 saturated heterocycles. The molecule has 4 nitrogen and oxygen atoms in total. The number of amides is 1. The minimum absolute atomic E-state index is 0.260. The molecule has 0 unspecified atom stereocenters. The molecule has 1 aromatic heterocycles. The van der Waals surface area contributed by atoms with Crippen molar-refractivity contribution in [2.75, 3.05) is 11.9 Å². The van der Waals surface area contributed by atoms with Gasteiger partial charge in [0.2, 0.25) is 0 Å². The lowest BCUT2D eigenvalue weighted by atomic mass is 10.2. The van der Waals surface area contributed by atoms with E-state index in [1.54, 1.807) is 23.5 Å². The number of benzene rings is 1. The normalized spacial score (nSPS) is 10.2. The summed E-state index contributed by atoms with van der Waals surface area (Å²) in [7, 11) is 0. The molecule has 1 heterocycles. The van der Waals surface area contributed by atoms with Crippen molar-refractivity contribution in [3.8, 4) is 0 Å². The van der Waals surface area contributed by atoms with Crippen molar-refractivity contribution in [1.29, 1.82) is 0 Å². The Morgan fingerprint density at radius 3 is 2.82 bits per heavy atom. The van der Waals surface area contributed by atoms with Gasteiger partial charge in [0.05, 0.1) is 0 Å². The van der Waals surface area contributed by atoms with Gasteiger partial charge in [-0.2, -0.15) is 0 Å². The topological polar surface area (TPSA) is 55.4 Å². The first-order valence-corrected chi connectivity index (χ1v) is 8.54. The first kappa shape index (κ1) is 16.7. The van der Waals surface area contributed by atoms with Gasteiger partial charge in [-0.1, -0.05) is 28.1 Å². The van der Waals surface area contributed by atoms with E-state index in [1.165, 1.54) is 4.88 Å². The van der Waals surface area contributed by atoms with Crippen LogP contribution in [0.1, 0.15) is 17.7 Å². The summed E-state index contributed by atoms with van der Waals surface area (Å²) in [5.74, 6) is -0.689. The van der Waals surface area contributed by atoms with Crippen molar-refractivity contribution in [1.82, 2.24) is 0 Å². The minimum atomic E-state index is -0.346. The highest BCUT2D eigenvalue weighted by atomic mass is 79.9. The van der Waals surface area contributed by atoms with Gasteiger partial charge in [-0.15, -0.1) is 11.3 Å². The van der Waals surface area contributed by atoms with Gasteiger partial charge >= 0.3 is 5.97 Å². The second kappa shape index (κ2) is 8.70. The fourth-order valence-corrected chi connectivity index (χ4v) is 2.99. The predicted molar refractivity (Wildman–Crippen MR) is 91.0 cm³/mol. The van der Waals surface area contributed by atoms with Crippen LogP contribution in [0.25, 0.3) is 0 Å². The van der Waals surface area contributed by atoms with Crippen molar-refractivity contribution in [3.05, 3.63) is 51.1 Å². The molecule has 0 spiro atoms. The van der Waals surface area contributed by atoms with Gasteiger partial charge in [-0.05, 0) is 42.5 Å². The lowest BCUT2D eigenvalue weighted by molar-refractivity contribution is -0.147. The van der Waals surface area contributed by atoms with Crippen LogP contribution in [-0.2, 0) is 20.7 Å². The van der Waals surface area contributed by atoms with Gasteiger partial charge in [-0.25, -0.2) is 0 Å². The number of rotatable bonds is 7. The molecule has 6 heteroatoms. The highest BCUT2D eigenvalue weighted by molar-refractivity contribution is 9.10. The summed E-state index contributed by atoms with van der Waals surface area (Å²) < 4.78 is 5.84. The zero-order valence-electron chi connectivity index (χ0n) is 11.9. The number of esters is 1. The van der Waals surface area contributed by atoms with E-state index in [-0.39, 0.29) is 18.5 Å². The van der Waals surface area contributed by atoms with Crippen molar-refractivity contribution in [2.24, 2.45) is 0 Å². The minimum Gasteiger partial charge on any atom is -0.456 e. The van der Waals surface area contributed by atoms with Gasteiger partial charge in [0, 0.05) is 21.5 Å². The number of carbonyl (C=O) groups excluding carboxylic acids is 2. The summed E-state index contributed by atoms with van der Waals surface area (Å²) in [5.41, 5.74) is 0.660. The fourth-order valence-electron chi connectivity index (χ4n) is 1.84. The van der Waals surface area contributed by atoms with E-state index < -0.39 is 0 Å². The number of halogens is 1. The SMILES string of the molecule is O=C(COC(=O)CCCc1cccs1)Nc1cccc(Br)c1. The second-order valence-corrected chi connectivity index (χ2v) is 6.60. The summed E-state index contributed by atoms with van der Waals surface area (Å²) in [6.07, 6.45) is 1.91. The summed E-state index contributed by atoms with van der Waals surface area (Å²) in [4.78, 5) is 24.5.